The van der Waals surface area contributed by atoms with Gasteiger partial charge in [0.15, 0.2) is 0 Å². The summed E-state index contributed by atoms with van der Waals surface area (Å²) in [5, 5.41) is 0. The zero-order valence-corrected chi connectivity index (χ0v) is 35.6. The van der Waals surface area contributed by atoms with Crippen LogP contribution in [-0.2, 0) is 28.2 Å². The van der Waals surface area contributed by atoms with Crippen LogP contribution in [0.3, 0.4) is 0 Å². The molecule has 0 saturated heterocycles. The van der Waals surface area contributed by atoms with Gasteiger partial charge in [-0.05, 0) is 0 Å². The largest absolute Gasteiger partial charge is 0.147 e. The summed E-state index contributed by atoms with van der Waals surface area (Å²) in [6.07, 6.45) is 6.23. The average Bonchev–Trinajstić information content (AvgIpc) is 3.54. The first kappa shape index (κ1) is 37.9. The fraction of sp³-hybridized carbons (Fsp3) is 0.349. The van der Waals surface area contributed by atoms with Gasteiger partial charge < -0.3 is 0 Å². The molecule has 0 fully saturated rings. The van der Waals surface area contributed by atoms with E-state index >= 15 is 0 Å². The third kappa shape index (κ3) is 6.67. The number of allylic oxidation sites excluding steroid dienone is 2. The minimum absolute atomic E-state index is 0. The molecule has 4 aromatic carbocycles. The molecule has 0 amide bonds. The average molecular weight is 761 g/mol. The van der Waals surface area contributed by atoms with Crippen LogP contribution < -0.4 is 0 Å². The van der Waals surface area contributed by atoms with E-state index in [1.54, 1.807) is 22.3 Å². The van der Waals surface area contributed by atoms with Crippen molar-refractivity contribution in [1.29, 1.82) is 0 Å². The van der Waals surface area contributed by atoms with E-state index in [-0.39, 0.29) is 35.6 Å². The molecule has 0 N–H and O–H groups in total. The Morgan fingerprint density at radius 2 is 1.00 bits per heavy atom. The predicted octanol–water partition coefficient (Wildman–Crippen LogP) is 12.8. The van der Waals surface area contributed by atoms with Crippen LogP contribution in [0.1, 0.15) is 102 Å². The van der Waals surface area contributed by atoms with E-state index in [1.807, 2.05) is 0 Å². The fourth-order valence-corrected chi connectivity index (χ4v) is 29.4. The summed E-state index contributed by atoms with van der Waals surface area (Å²) in [5.41, 5.74) is 17.8. The third-order valence-electron chi connectivity index (χ3n) is 10.9. The molecule has 6 rings (SSSR count). The Morgan fingerprint density at radius 1 is 0.596 bits per heavy atom. The van der Waals surface area contributed by atoms with E-state index in [0.29, 0.717) is 7.25 Å². The maximum absolute atomic E-state index is 3.61. The zero-order chi connectivity index (χ0) is 32.6. The molecular formula is C43H54Cl2SiZr. The van der Waals surface area contributed by atoms with E-state index < -0.39 is 17.4 Å². The number of benzene rings is 4. The van der Waals surface area contributed by atoms with Gasteiger partial charge in [0.1, 0.15) is 0 Å². The van der Waals surface area contributed by atoms with Gasteiger partial charge in [0.25, 0.3) is 0 Å². The number of halogens is 2. The van der Waals surface area contributed by atoms with Crippen molar-refractivity contribution in [2.75, 3.05) is 0 Å². The molecule has 0 radical (unpaired) electrons. The molecule has 0 heterocycles. The second kappa shape index (κ2) is 13.1. The Morgan fingerprint density at radius 3 is 1.40 bits per heavy atom. The van der Waals surface area contributed by atoms with E-state index in [4.69, 9.17) is 0 Å². The minimum Gasteiger partial charge on any atom is -0.147 e. The molecule has 0 aromatic heterocycles. The predicted molar refractivity (Wildman–Crippen MR) is 213 cm³/mol. The van der Waals surface area contributed by atoms with Gasteiger partial charge in [-0.2, -0.15) is 0 Å². The van der Waals surface area contributed by atoms with Crippen LogP contribution in [0, 0.1) is 0 Å². The molecule has 2 atom stereocenters. The summed E-state index contributed by atoms with van der Waals surface area (Å²) >= 11 is -3.61. The first-order chi connectivity index (χ1) is 21.0. The summed E-state index contributed by atoms with van der Waals surface area (Å²) in [6, 6.07) is 32.9. The van der Waals surface area contributed by atoms with Crippen molar-refractivity contribution in [2.24, 2.45) is 0 Å². The van der Waals surface area contributed by atoms with Crippen LogP contribution in [-0.4, -0.2) is 6.88 Å². The molecule has 2 aliphatic rings. The Hall–Kier alpha value is -1.96. The van der Waals surface area contributed by atoms with Gasteiger partial charge in [0.05, 0.1) is 0 Å². The second-order valence-corrected chi connectivity index (χ2v) is 47.5. The van der Waals surface area contributed by atoms with Gasteiger partial charge in [-0.25, -0.2) is 0 Å². The summed E-state index contributed by atoms with van der Waals surface area (Å²) in [7, 11) is 0. The van der Waals surface area contributed by atoms with E-state index in [2.05, 4.69) is 169 Å². The van der Waals surface area contributed by atoms with Crippen molar-refractivity contribution >= 4 is 43.8 Å². The van der Waals surface area contributed by atoms with Crippen LogP contribution >= 0.6 is 24.8 Å². The van der Waals surface area contributed by atoms with Crippen molar-refractivity contribution in [3.63, 3.8) is 0 Å². The second-order valence-electron chi connectivity index (χ2n) is 17.0. The third-order valence-corrected chi connectivity index (χ3v) is 28.6. The van der Waals surface area contributed by atoms with Gasteiger partial charge in [-0.15, -0.1) is 24.8 Å². The van der Waals surface area contributed by atoms with Crippen LogP contribution in [0.15, 0.2) is 96.1 Å². The smallest absolute Gasteiger partial charge is 0.147 e. The molecule has 0 saturated carbocycles. The molecule has 0 bridgehead atoms. The standard InChI is InChI=1S/C21H23.C20H21.2CH3.2ClH.H2Si.Zr/c1-5-15-13-17-7-6-8-19(20(17)14-15)16-9-11-18(12-10-16)21(2,3)4;1-14-12-16-6-5-7-18(19(16)13-14)15-8-10-17(11-9-15)20(2,3)4;;;;;;/h6-14H,5H2,1-4H3;5-13H,1-4H3;2*1H3;2*1H;1H2;. The molecule has 4 aromatic rings. The molecule has 2 unspecified atom stereocenters. The van der Waals surface area contributed by atoms with Gasteiger partial charge in [0.2, 0.25) is 0 Å². The van der Waals surface area contributed by atoms with Crippen LogP contribution in [0.2, 0.25) is 9.26 Å². The van der Waals surface area contributed by atoms with Gasteiger partial charge in [0, 0.05) is 0 Å². The summed E-state index contributed by atoms with van der Waals surface area (Å²) in [5.74, 6) is 0. The minimum atomic E-state index is -3.61. The number of fused-ring (bicyclic) bond motifs is 2. The maximum Gasteiger partial charge on any atom is -0.147 e. The molecule has 47 heavy (non-hydrogen) atoms. The van der Waals surface area contributed by atoms with Gasteiger partial charge >= 0.3 is 277 Å². The molecule has 0 spiro atoms. The van der Waals surface area contributed by atoms with Gasteiger partial charge in [-0.3, -0.25) is 0 Å². The first-order valence-electron chi connectivity index (χ1n) is 16.9. The SMILES string of the molecule is CCC1=Cc2c(-c3ccc(C(C)(C)C)cc3)cccc2[CH]1[Zr]([CH3])([CH3])(=[SiH2])[CH]1C(C)=Cc2c(-c3ccc(C(C)(C)C)cc3)cccc21.Cl.Cl. The molecular weight excluding hydrogens is 707 g/mol. The van der Waals surface area contributed by atoms with Crippen molar-refractivity contribution in [3.05, 3.63) is 129 Å². The van der Waals surface area contributed by atoms with E-state index in [1.165, 1.54) is 44.5 Å². The topological polar surface area (TPSA) is 0 Å². The Balaban J connectivity index is 0.00000250. The molecule has 248 valence electrons. The van der Waals surface area contributed by atoms with Crippen LogP contribution in [0.5, 0.6) is 0 Å². The molecule has 4 heteroatoms. The van der Waals surface area contributed by atoms with Crippen molar-refractivity contribution in [1.82, 2.24) is 0 Å². The maximum atomic E-state index is 2.76. The molecule has 2 aliphatic carbocycles. The van der Waals surface area contributed by atoms with Crippen molar-refractivity contribution in [3.8, 4) is 22.3 Å². The monoisotopic (exact) mass is 758 g/mol. The number of hydrogen-bond acceptors (Lipinski definition) is 0. The van der Waals surface area contributed by atoms with Crippen LogP contribution in [0.25, 0.3) is 34.4 Å². The normalized spacial score (nSPS) is 17.6. The van der Waals surface area contributed by atoms with Gasteiger partial charge in [-0.1, -0.05) is 0 Å². The quantitative estimate of drug-likeness (QED) is 0.178. The van der Waals surface area contributed by atoms with Crippen molar-refractivity contribution < 1.29 is 17.4 Å². The molecule has 0 aliphatic heterocycles. The Labute approximate surface area is 299 Å². The van der Waals surface area contributed by atoms with E-state index in [9.17, 15) is 0 Å². The summed E-state index contributed by atoms with van der Waals surface area (Å²) < 4.78 is 6.58. The summed E-state index contributed by atoms with van der Waals surface area (Å²) in [4.78, 5) is 0. The molecule has 0 nitrogen and oxygen atoms in total. The van der Waals surface area contributed by atoms with E-state index in [0.717, 1.165) is 6.42 Å². The Bertz CT molecular complexity index is 1920. The summed E-state index contributed by atoms with van der Waals surface area (Å²) in [6.45, 7) is 21.0. The van der Waals surface area contributed by atoms with Crippen molar-refractivity contribution in [2.45, 2.75) is 89.2 Å². The number of rotatable bonds is 5. The first-order valence-corrected chi connectivity index (χ1v) is 30.6. The van der Waals surface area contributed by atoms with Crippen LogP contribution in [0.4, 0.5) is 0 Å². The Kier molecular flexibility index (Phi) is 10.5. The number of hydrogen-bond donors (Lipinski definition) is 0. The zero-order valence-electron chi connectivity index (χ0n) is 30.1. The fourth-order valence-electron chi connectivity index (χ4n) is 8.67.